The molecule has 0 saturated carbocycles. The normalized spacial score (nSPS) is 10.4. The molecule has 0 unspecified atom stereocenters. The molecule has 1 aromatic rings. The van der Waals surface area contributed by atoms with Crippen LogP contribution in [0.2, 0.25) is 0 Å². The van der Waals surface area contributed by atoms with Crippen LogP contribution in [0.4, 0.5) is 5.82 Å². The Morgan fingerprint density at radius 3 is 2.77 bits per heavy atom. The Kier molecular flexibility index (Phi) is 4.14. The Bertz CT molecular complexity index is 226. The Morgan fingerprint density at radius 2 is 2.23 bits per heavy atom. The van der Waals surface area contributed by atoms with Crippen LogP contribution in [0.25, 0.3) is 0 Å². The molecule has 0 aliphatic heterocycles. The van der Waals surface area contributed by atoms with E-state index in [-0.39, 0.29) is 6.29 Å². The lowest BCUT2D eigenvalue weighted by Gasteiger charge is -2.13. The number of methoxy groups -OCH3 is 2. The van der Waals surface area contributed by atoms with Crippen LogP contribution in [0.15, 0.2) is 18.3 Å². The van der Waals surface area contributed by atoms with Gasteiger partial charge in [0.15, 0.2) is 6.29 Å². The van der Waals surface area contributed by atoms with Crippen molar-refractivity contribution < 1.29 is 9.47 Å². The molecule has 1 aromatic heterocycles. The summed E-state index contributed by atoms with van der Waals surface area (Å²) >= 11 is 0. The maximum atomic E-state index is 4.99. The molecule has 0 atom stereocenters. The van der Waals surface area contributed by atoms with Gasteiger partial charge >= 0.3 is 0 Å². The van der Waals surface area contributed by atoms with Gasteiger partial charge in [-0.05, 0) is 12.1 Å². The van der Waals surface area contributed by atoms with Crippen LogP contribution in [0.1, 0.15) is 0 Å². The van der Waals surface area contributed by atoms with Crippen LogP contribution >= 0.6 is 0 Å². The highest BCUT2D eigenvalue weighted by Gasteiger charge is 2.03. The van der Waals surface area contributed by atoms with Gasteiger partial charge in [-0.15, -0.1) is 5.10 Å². The van der Waals surface area contributed by atoms with E-state index in [9.17, 15) is 0 Å². The molecule has 0 amide bonds. The lowest BCUT2D eigenvalue weighted by molar-refractivity contribution is -0.0914. The summed E-state index contributed by atoms with van der Waals surface area (Å²) in [5, 5.41) is 10.6. The van der Waals surface area contributed by atoms with Gasteiger partial charge in [0.05, 0.1) is 6.54 Å². The molecule has 0 saturated heterocycles. The van der Waals surface area contributed by atoms with E-state index in [1.807, 2.05) is 12.1 Å². The third-order valence-corrected chi connectivity index (χ3v) is 1.55. The van der Waals surface area contributed by atoms with Crippen LogP contribution in [-0.2, 0) is 9.47 Å². The third kappa shape index (κ3) is 3.35. The van der Waals surface area contributed by atoms with Crippen molar-refractivity contribution in [2.24, 2.45) is 0 Å². The Morgan fingerprint density at radius 1 is 1.46 bits per heavy atom. The van der Waals surface area contributed by atoms with E-state index < -0.39 is 0 Å². The minimum absolute atomic E-state index is 0.262. The summed E-state index contributed by atoms with van der Waals surface area (Å²) in [4.78, 5) is 0. The van der Waals surface area contributed by atoms with E-state index in [4.69, 9.17) is 9.47 Å². The quantitative estimate of drug-likeness (QED) is 0.674. The van der Waals surface area contributed by atoms with Crippen LogP contribution < -0.4 is 5.32 Å². The number of anilines is 1. The first-order valence-corrected chi connectivity index (χ1v) is 3.94. The maximum Gasteiger partial charge on any atom is 0.173 e. The molecular formula is C8H13N3O2. The highest BCUT2D eigenvalue weighted by Crippen LogP contribution is 1.99. The van der Waals surface area contributed by atoms with Gasteiger partial charge in [0.25, 0.3) is 0 Å². The molecule has 0 aliphatic rings. The fourth-order valence-electron chi connectivity index (χ4n) is 0.847. The predicted octanol–water partition coefficient (Wildman–Crippen LogP) is 0.507. The van der Waals surface area contributed by atoms with E-state index in [0.29, 0.717) is 12.4 Å². The number of ether oxygens (including phenoxy) is 2. The fraction of sp³-hybridized carbons (Fsp3) is 0.500. The lowest BCUT2D eigenvalue weighted by Crippen LogP contribution is -2.24. The first-order valence-electron chi connectivity index (χ1n) is 3.94. The molecule has 5 nitrogen and oxygen atoms in total. The van der Waals surface area contributed by atoms with E-state index in [1.54, 1.807) is 20.4 Å². The van der Waals surface area contributed by atoms with Crippen molar-refractivity contribution in [1.29, 1.82) is 0 Å². The summed E-state index contributed by atoms with van der Waals surface area (Å²) in [7, 11) is 3.18. The SMILES string of the molecule is COC(CNc1cccnn1)OC. The average molecular weight is 183 g/mol. The molecule has 0 bridgehead atoms. The number of rotatable bonds is 5. The molecule has 5 heteroatoms. The first-order chi connectivity index (χ1) is 6.36. The topological polar surface area (TPSA) is 56.3 Å². The van der Waals surface area contributed by atoms with Crippen LogP contribution in [0, 0.1) is 0 Å². The van der Waals surface area contributed by atoms with Crippen molar-refractivity contribution >= 4 is 5.82 Å². The molecular weight excluding hydrogens is 170 g/mol. The van der Waals surface area contributed by atoms with Crippen molar-refractivity contribution in [3.63, 3.8) is 0 Å². The minimum atomic E-state index is -0.262. The Hall–Kier alpha value is -1.20. The maximum absolute atomic E-state index is 4.99. The molecule has 1 heterocycles. The molecule has 0 radical (unpaired) electrons. The summed E-state index contributed by atoms with van der Waals surface area (Å²) in [5.41, 5.74) is 0. The molecule has 0 fully saturated rings. The van der Waals surface area contributed by atoms with Crippen molar-refractivity contribution in [3.05, 3.63) is 18.3 Å². The highest BCUT2D eigenvalue weighted by atomic mass is 16.7. The standard InChI is InChI=1S/C8H13N3O2/c1-12-8(13-2)6-9-7-4-3-5-10-11-7/h3-5,8H,6H2,1-2H3,(H,9,11). The van der Waals surface area contributed by atoms with Gasteiger partial charge < -0.3 is 14.8 Å². The Balaban J connectivity index is 2.34. The highest BCUT2D eigenvalue weighted by molar-refractivity contribution is 5.31. The second kappa shape index (κ2) is 5.45. The largest absolute Gasteiger partial charge is 0.363 e. The van der Waals surface area contributed by atoms with Gasteiger partial charge in [-0.1, -0.05) is 0 Å². The van der Waals surface area contributed by atoms with Gasteiger partial charge in [0, 0.05) is 20.4 Å². The van der Waals surface area contributed by atoms with Crippen molar-refractivity contribution in [1.82, 2.24) is 10.2 Å². The van der Waals surface area contributed by atoms with Crippen LogP contribution in [0.3, 0.4) is 0 Å². The number of aromatic nitrogens is 2. The number of hydrogen-bond acceptors (Lipinski definition) is 5. The first kappa shape index (κ1) is 9.88. The zero-order chi connectivity index (χ0) is 9.52. The van der Waals surface area contributed by atoms with Crippen molar-refractivity contribution in [2.75, 3.05) is 26.1 Å². The number of nitrogens with one attached hydrogen (secondary N) is 1. The smallest absolute Gasteiger partial charge is 0.173 e. The third-order valence-electron chi connectivity index (χ3n) is 1.55. The molecule has 72 valence electrons. The van der Waals surface area contributed by atoms with Gasteiger partial charge in [0.2, 0.25) is 0 Å². The zero-order valence-corrected chi connectivity index (χ0v) is 7.73. The summed E-state index contributed by atoms with van der Waals surface area (Å²) in [6, 6.07) is 3.64. The second-order valence-electron chi connectivity index (χ2n) is 2.39. The molecule has 0 aliphatic carbocycles. The van der Waals surface area contributed by atoms with E-state index >= 15 is 0 Å². The van der Waals surface area contributed by atoms with Crippen molar-refractivity contribution in [3.8, 4) is 0 Å². The summed E-state index contributed by atoms with van der Waals surface area (Å²) < 4.78 is 9.98. The van der Waals surface area contributed by atoms with E-state index in [0.717, 1.165) is 0 Å². The van der Waals surface area contributed by atoms with Crippen LogP contribution in [-0.4, -0.2) is 37.3 Å². The zero-order valence-electron chi connectivity index (χ0n) is 7.73. The van der Waals surface area contributed by atoms with E-state index in [1.165, 1.54) is 0 Å². The Labute approximate surface area is 77.1 Å². The van der Waals surface area contributed by atoms with Gasteiger partial charge in [-0.2, -0.15) is 5.10 Å². The monoisotopic (exact) mass is 183 g/mol. The second-order valence-corrected chi connectivity index (χ2v) is 2.39. The average Bonchev–Trinajstić information content (AvgIpc) is 2.21. The molecule has 1 N–H and O–H groups in total. The molecule has 1 rings (SSSR count). The number of nitrogens with zero attached hydrogens (tertiary/aromatic N) is 2. The van der Waals surface area contributed by atoms with Crippen molar-refractivity contribution in [2.45, 2.75) is 6.29 Å². The van der Waals surface area contributed by atoms with E-state index in [2.05, 4.69) is 15.5 Å². The minimum Gasteiger partial charge on any atom is -0.363 e. The molecule has 0 aromatic carbocycles. The fourth-order valence-corrected chi connectivity index (χ4v) is 0.847. The summed E-state index contributed by atoms with van der Waals surface area (Å²) in [5.74, 6) is 0.710. The van der Waals surface area contributed by atoms with Gasteiger partial charge in [-0.3, -0.25) is 0 Å². The predicted molar refractivity (Wildman–Crippen MR) is 48.3 cm³/mol. The number of hydrogen-bond donors (Lipinski definition) is 1. The summed E-state index contributed by atoms with van der Waals surface area (Å²) in [6.45, 7) is 0.547. The van der Waals surface area contributed by atoms with Gasteiger partial charge in [-0.25, -0.2) is 0 Å². The molecule has 0 spiro atoms. The lowest BCUT2D eigenvalue weighted by atomic mass is 10.5. The molecule has 13 heavy (non-hydrogen) atoms. The summed E-state index contributed by atoms with van der Waals surface area (Å²) in [6.07, 6.45) is 1.36. The van der Waals surface area contributed by atoms with Gasteiger partial charge in [0.1, 0.15) is 5.82 Å². The van der Waals surface area contributed by atoms with Crippen LogP contribution in [0.5, 0.6) is 0 Å².